The second-order valence-electron chi connectivity index (χ2n) is 13.9. The number of nitrogens with zero attached hydrogens (tertiary/aromatic N) is 1. The maximum Gasteiger partial charge on any atom is 0.116 e. The van der Waals surface area contributed by atoms with Crippen molar-refractivity contribution >= 4 is 0 Å². The zero-order valence-corrected chi connectivity index (χ0v) is 29.3. The highest BCUT2D eigenvalue weighted by Gasteiger charge is 2.53. The fraction of sp³-hybridized carbons (Fsp3) is 0.590. The van der Waals surface area contributed by atoms with Crippen LogP contribution in [0, 0.1) is 5.41 Å². The predicted octanol–water partition coefficient (Wildman–Crippen LogP) is 9.36. The van der Waals surface area contributed by atoms with E-state index in [1.807, 2.05) is 25.2 Å². The number of alkyl halides is 1. The van der Waals surface area contributed by atoms with Gasteiger partial charge < -0.3 is 14.8 Å². The summed E-state index contributed by atoms with van der Waals surface area (Å²) in [5.74, 6) is 1.01. The lowest BCUT2D eigenvalue weighted by molar-refractivity contribution is -0.00781. The Morgan fingerprint density at radius 3 is 2.41 bits per heavy atom. The summed E-state index contributed by atoms with van der Waals surface area (Å²) in [4.78, 5) is 2.60. The maximum atomic E-state index is 13.5. The Bertz CT molecular complexity index is 1160. The first kappa shape index (κ1) is 37.7. The van der Waals surface area contributed by atoms with E-state index < -0.39 is 6.17 Å². The molecule has 44 heavy (non-hydrogen) atoms. The topological polar surface area (TPSA) is 43.6 Å². The largest absolute Gasteiger partial charge is 0.496 e. The van der Waals surface area contributed by atoms with Crippen LogP contribution in [-0.2, 0) is 9.47 Å². The molecule has 5 heteroatoms. The third-order valence-electron chi connectivity index (χ3n) is 8.95. The molecule has 0 bridgehead atoms. The van der Waals surface area contributed by atoms with Crippen molar-refractivity contribution in [2.45, 2.75) is 118 Å². The first-order chi connectivity index (χ1) is 20.6. The van der Waals surface area contributed by atoms with Crippen LogP contribution >= 0.6 is 0 Å². The van der Waals surface area contributed by atoms with Crippen molar-refractivity contribution in [1.82, 2.24) is 10.2 Å². The van der Waals surface area contributed by atoms with Gasteiger partial charge >= 0.3 is 0 Å². The van der Waals surface area contributed by atoms with Gasteiger partial charge in [0.1, 0.15) is 18.5 Å². The monoisotopic (exact) mass is 608 g/mol. The van der Waals surface area contributed by atoms with Crippen LogP contribution in [0.15, 0.2) is 95.9 Å². The molecular weight excluding hydrogens is 547 g/mol. The molecule has 0 spiro atoms. The van der Waals surface area contributed by atoms with E-state index in [0.717, 1.165) is 72.6 Å². The molecule has 1 N–H and O–H groups in total. The predicted molar refractivity (Wildman–Crippen MR) is 188 cm³/mol. The number of ether oxygens (including phenoxy) is 2. The van der Waals surface area contributed by atoms with Gasteiger partial charge in [0.2, 0.25) is 0 Å². The summed E-state index contributed by atoms with van der Waals surface area (Å²) < 4.78 is 26.6. The quantitative estimate of drug-likeness (QED) is 0.102. The SMILES string of the molecule is C=C\C=C(CC(=C)/C(C)=C1\CC(C)N(CC)[C@@H]([C@]2(CC(C)OCC(C)(C)CC(=C)C)CN2)CO1)/C(C=C)=C(C)/C=C\C(C)F. The molecule has 2 heterocycles. The summed E-state index contributed by atoms with van der Waals surface area (Å²) in [6.07, 6.45) is 11.5. The number of allylic oxidation sites excluding steroid dienone is 11. The second-order valence-corrected chi connectivity index (χ2v) is 13.9. The average molecular weight is 609 g/mol. The standard InChI is InChI=1S/C39H61FN2O2/c1-14-17-34(35(15-2)28(6)18-19-30(8)40)20-29(7)33(11)36-21-31(9)42(16-3)37(24-43-36)39(25-41-39)23-32(10)44-26-38(12,13)22-27(4)5/h14-15,17-19,30-32,37,41H,1-2,4,7,16,20-26H2,3,5-6,8-13H3/b19-18-,34-17-,35-28+,36-33+/t30?,31?,32?,37-,39+/m1/s1. The number of nitrogens with one attached hydrogen (secondary N) is 1. The normalized spacial score (nSPS) is 26.3. The lowest BCUT2D eigenvalue weighted by Crippen LogP contribution is -2.53. The molecule has 246 valence electrons. The van der Waals surface area contributed by atoms with E-state index in [4.69, 9.17) is 9.47 Å². The fourth-order valence-electron chi connectivity index (χ4n) is 6.59. The van der Waals surface area contributed by atoms with Crippen molar-refractivity contribution in [2.24, 2.45) is 5.41 Å². The van der Waals surface area contributed by atoms with Gasteiger partial charge in [-0.25, -0.2) is 4.39 Å². The lowest BCUT2D eigenvalue weighted by Gasteiger charge is -2.38. The first-order valence-corrected chi connectivity index (χ1v) is 16.3. The summed E-state index contributed by atoms with van der Waals surface area (Å²) in [5.41, 5.74) is 6.30. The fourth-order valence-corrected chi connectivity index (χ4v) is 6.59. The van der Waals surface area contributed by atoms with Crippen molar-refractivity contribution in [3.63, 3.8) is 0 Å². The van der Waals surface area contributed by atoms with Crippen molar-refractivity contribution in [3.05, 3.63) is 95.9 Å². The van der Waals surface area contributed by atoms with Gasteiger partial charge in [0.05, 0.1) is 24.3 Å². The number of hydrogen-bond acceptors (Lipinski definition) is 4. The number of hydrogen-bond donors (Lipinski definition) is 1. The molecule has 3 unspecified atom stereocenters. The minimum absolute atomic E-state index is 0.0196. The Morgan fingerprint density at radius 2 is 1.89 bits per heavy atom. The van der Waals surface area contributed by atoms with Gasteiger partial charge in [-0.1, -0.05) is 76.5 Å². The van der Waals surface area contributed by atoms with E-state index in [1.165, 1.54) is 12.5 Å². The van der Waals surface area contributed by atoms with Crippen molar-refractivity contribution in [1.29, 1.82) is 0 Å². The molecule has 0 aromatic rings. The highest BCUT2D eigenvalue weighted by Crippen LogP contribution is 2.38. The molecule has 2 saturated heterocycles. The number of rotatable bonds is 17. The van der Waals surface area contributed by atoms with Crippen molar-refractivity contribution < 1.29 is 13.9 Å². The molecule has 0 amide bonds. The molecule has 2 aliphatic heterocycles. The van der Waals surface area contributed by atoms with Crippen LogP contribution < -0.4 is 5.32 Å². The third-order valence-corrected chi connectivity index (χ3v) is 8.95. The van der Waals surface area contributed by atoms with E-state index in [9.17, 15) is 4.39 Å². The van der Waals surface area contributed by atoms with Gasteiger partial charge in [-0.3, -0.25) is 4.90 Å². The second kappa shape index (κ2) is 16.7. The molecule has 0 radical (unpaired) electrons. The van der Waals surface area contributed by atoms with Crippen LogP contribution in [0.2, 0.25) is 0 Å². The van der Waals surface area contributed by atoms with Gasteiger partial charge in [0.15, 0.2) is 0 Å². The number of likely N-dealkylation sites (N-methyl/N-ethyl adjacent to an activating group) is 1. The summed E-state index contributed by atoms with van der Waals surface area (Å²) in [6.45, 7) is 38.8. The van der Waals surface area contributed by atoms with Crippen molar-refractivity contribution in [2.75, 3.05) is 26.3 Å². The van der Waals surface area contributed by atoms with E-state index in [1.54, 1.807) is 12.2 Å². The smallest absolute Gasteiger partial charge is 0.116 e. The Kier molecular flexibility index (Phi) is 14.3. The highest BCUT2D eigenvalue weighted by molar-refractivity contribution is 5.50. The Balaban J connectivity index is 2.23. The first-order valence-electron chi connectivity index (χ1n) is 16.3. The van der Waals surface area contributed by atoms with Crippen molar-refractivity contribution in [3.8, 4) is 0 Å². The van der Waals surface area contributed by atoms with Crippen LogP contribution in [0.3, 0.4) is 0 Å². The molecule has 2 fully saturated rings. The van der Waals surface area contributed by atoms with Gasteiger partial charge in [-0.2, -0.15) is 0 Å². The van der Waals surface area contributed by atoms with Crippen LogP contribution in [-0.4, -0.2) is 61.1 Å². The average Bonchev–Trinajstić information content (AvgIpc) is 3.73. The molecule has 2 rings (SSSR count). The van der Waals surface area contributed by atoms with E-state index in [0.29, 0.717) is 19.1 Å². The molecular formula is C39H61FN2O2. The summed E-state index contributed by atoms with van der Waals surface area (Å²) in [7, 11) is 0. The van der Waals surface area contributed by atoms with Gasteiger partial charge in [-0.15, -0.1) is 6.58 Å². The van der Waals surface area contributed by atoms with Crippen LogP contribution in [0.5, 0.6) is 0 Å². The molecule has 4 nitrogen and oxygen atoms in total. The van der Waals surface area contributed by atoms with Gasteiger partial charge in [0.25, 0.3) is 0 Å². The van der Waals surface area contributed by atoms with Crippen LogP contribution in [0.1, 0.15) is 88.0 Å². The lowest BCUT2D eigenvalue weighted by atomic mass is 9.87. The highest BCUT2D eigenvalue weighted by atomic mass is 19.1. The zero-order valence-electron chi connectivity index (χ0n) is 29.3. The van der Waals surface area contributed by atoms with Gasteiger partial charge in [-0.05, 0) is 101 Å². The minimum atomic E-state index is -1.01. The Labute approximate surface area is 269 Å². The molecule has 0 aromatic carbocycles. The zero-order chi connectivity index (χ0) is 33.2. The van der Waals surface area contributed by atoms with Gasteiger partial charge in [0, 0.05) is 19.0 Å². The van der Waals surface area contributed by atoms with E-state index in [-0.39, 0.29) is 23.1 Å². The third kappa shape index (κ3) is 10.9. The Hall–Kier alpha value is -2.47. The van der Waals surface area contributed by atoms with Crippen LogP contribution in [0.25, 0.3) is 0 Å². The molecule has 0 saturated carbocycles. The summed E-state index contributed by atoms with van der Waals surface area (Å²) in [5, 5.41) is 3.73. The van der Waals surface area contributed by atoms with Crippen LogP contribution in [0.4, 0.5) is 4.39 Å². The van der Waals surface area contributed by atoms with E-state index in [2.05, 4.69) is 85.0 Å². The van der Waals surface area contributed by atoms with E-state index >= 15 is 0 Å². The number of halogens is 1. The molecule has 0 aromatic heterocycles. The summed E-state index contributed by atoms with van der Waals surface area (Å²) in [6, 6.07) is 0.562. The molecule has 2 aliphatic rings. The molecule has 5 atom stereocenters. The summed E-state index contributed by atoms with van der Waals surface area (Å²) >= 11 is 0. The molecule has 0 aliphatic carbocycles. The minimum Gasteiger partial charge on any atom is -0.496 e. The Morgan fingerprint density at radius 1 is 1.23 bits per heavy atom. The maximum absolute atomic E-state index is 13.5.